The first-order chi connectivity index (χ1) is 14.9. The van der Waals surface area contributed by atoms with Gasteiger partial charge in [0, 0.05) is 19.5 Å². The number of para-hydroxylation sites is 2. The second-order valence-corrected chi connectivity index (χ2v) is 9.02. The zero-order valence-electron chi connectivity index (χ0n) is 17.2. The summed E-state index contributed by atoms with van der Waals surface area (Å²) in [6, 6.07) is 23.2. The van der Waals surface area contributed by atoms with Crippen molar-refractivity contribution in [2.75, 3.05) is 18.4 Å². The molecule has 31 heavy (non-hydrogen) atoms. The number of hydrogen-bond donors (Lipinski definition) is 1. The molecule has 0 saturated heterocycles. The van der Waals surface area contributed by atoms with E-state index in [9.17, 15) is 13.2 Å². The number of benzene rings is 3. The highest BCUT2D eigenvalue weighted by atomic mass is 32.2. The van der Waals surface area contributed by atoms with Gasteiger partial charge in [0.15, 0.2) is 5.69 Å². The monoisotopic (exact) mass is 434 g/mol. The summed E-state index contributed by atoms with van der Waals surface area (Å²) in [4.78, 5) is 12.4. The van der Waals surface area contributed by atoms with Gasteiger partial charge in [-0.05, 0) is 35.9 Å². The van der Waals surface area contributed by atoms with Crippen molar-refractivity contribution in [3.05, 3.63) is 90.1 Å². The van der Waals surface area contributed by atoms with Crippen LogP contribution >= 0.6 is 0 Å². The highest BCUT2D eigenvalue weighted by Gasteiger charge is 2.21. The van der Waals surface area contributed by atoms with Crippen LogP contribution in [0.25, 0.3) is 10.9 Å². The molecular weight excluding hydrogens is 412 g/mol. The number of amides is 1. The number of nitrogens with one attached hydrogen (secondary N) is 1. The van der Waals surface area contributed by atoms with Gasteiger partial charge in [-0.2, -0.15) is 5.10 Å². The summed E-state index contributed by atoms with van der Waals surface area (Å²) in [6.45, 7) is 0.409. The average Bonchev–Trinajstić information content (AvgIpc) is 3.17. The summed E-state index contributed by atoms with van der Waals surface area (Å²) < 4.78 is 28.9. The van der Waals surface area contributed by atoms with Crippen LogP contribution in [-0.4, -0.2) is 38.2 Å². The molecule has 0 aliphatic carbocycles. The molecule has 3 aromatic carbocycles. The van der Waals surface area contributed by atoms with Gasteiger partial charge in [0.05, 0.1) is 22.6 Å². The molecule has 158 valence electrons. The van der Waals surface area contributed by atoms with E-state index in [4.69, 9.17) is 0 Å². The summed E-state index contributed by atoms with van der Waals surface area (Å²) in [6.07, 6.45) is 0. The summed E-state index contributed by atoms with van der Waals surface area (Å²) in [5, 5.41) is 7.85. The molecule has 0 fully saturated rings. The van der Waals surface area contributed by atoms with E-state index < -0.39 is 10.0 Å². The van der Waals surface area contributed by atoms with Crippen LogP contribution in [0.5, 0.6) is 0 Å². The van der Waals surface area contributed by atoms with E-state index in [0.29, 0.717) is 17.9 Å². The first kappa shape index (κ1) is 20.6. The Morgan fingerprint density at radius 1 is 0.968 bits per heavy atom. The Balaban J connectivity index is 1.62. The Kier molecular flexibility index (Phi) is 5.48. The average molecular weight is 435 g/mol. The lowest BCUT2D eigenvalue weighted by atomic mass is 10.2. The van der Waals surface area contributed by atoms with Gasteiger partial charge in [-0.3, -0.25) is 13.8 Å². The minimum Gasteiger partial charge on any atom is -0.354 e. The van der Waals surface area contributed by atoms with E-state index in [1.807, 2.05) is 30.3 Å². The SMILES string of the molecule is CNC(=O)c1nn(Cc2ccc(S(=O)(=O)N(C)c3ccccc3)cc2)c2ccccc12. The minimum absolute atomic E-state index is 0.207. The molecule has 0 bridgehead atoms. The van der Waals surface area contributed by atoms with E-state index in [0.717, 1.165) is 16.5 Å². The zero-order chi connectivity index (χ0) is 22.0. The van der Waals surface area contributed by atoms with Crippen molar-refractivity contribution in [2.45, 2.75) is 11.4 Å². The maximum Gasteiger partial charge on any atom is 0.272 e. The molecule has 8 heteroatoms. The van der Waals surface area contributed by atoms with E-state index in [2.05, 4.69) is 10.4 Å². The lowest BCUT2D eigenvalue weighted by Crippen LogP contribution is -2.26. The van der Waals surface area contributed by atoms with Crippen molar-refractivity contribution in [3.8, 4) is 0 Å². The number of nitrogens with zero attached hydrogens (tertiary/aromatic N) is 3. The molecule has 0 spiro atoms. The van der Waals surface area contributed by atoms with E-state index in [-0.39, 0.29) is 10.8 Å². The molecule has 0 radical (unpaired) electrons. The quantitative estimate of drug-likeness (QED) is 0.505. The van der Waals surface area contributed by atoms with E-state index >= 15 is 0 Å². The Labute approximate surface area is 181 Å². The third kappa shape index (κ3) is 3.89. The molecule has 4 rings (SSSR count). The van der Waals surface area contributed by atoms with Gasteiger partial charge < -0.3 is 5.32 Å². The fourth-order valence-corrected chi connectivity index (χ4v) is 4.60. The third-order valence-corrected chi connectivity index (χ3v) is 6.93. The Bertz CT molecular complexity index is 1330. The maximum atomic E-state index is 13.0. The number of fused-ring (bicyclic) bond motifs is 1. The molecular formula is C23H22N4O3S. The molecule has 0 unspecified atom stereocenters. The predicted octanol–water partition coefficient (Wildman–Crippen LogP) is 3.27. The Morgan fingerprint density at radius 3 is 2.29 bits per heavy atom. The fraction of sp³-hybridized carbons (Fsp3) is 0.130. The minimum atomic E-state index is -3.67. The highest BCUT2D eigenvalue weighted by molar-refractivity contribution is 7.92. The van der Waals surface area contributed by atoms with Gasteiger partial charge >= 0.3 is 0 Å². The van der Waals surface area contributed by atoms with Gasteiger partial charge in [-0.1, -0.05) is 48.5 Å². The molecule has 7 nitrogen and oxygen atoms in total. The molecule has 1 heterocycles. The van der Waals surface area contributed by atoms with Crippen LogP contribution < -0.4 is 9.62 Å². The number of carbonyl (C=O) groups is 1. The Morgan fingerprint density at radius 2 is 1.61 bits per heavy atom. The largest absolute Gasteiger partial charge is 0.354 e. The highest BCUT2D eigenvalue weighted by Crippen LogP contribution is 2.23. The number of carbonyl (C=O) groups excluding carboxylic acids is 1. The smallest absolute Gasteiger partial charge is 0.272 e. The fourth-order valence-electron chi connectivity index (χ4n) is 3.41. The molecule has 1 aromatic heterocycles. The molecule has 4 aromatic rings. The first-order valence-electron chi connectivity index (χ1n) is 9.72. The number of rotatable bonds is 6. The molecule has 0 atom stereocenters. The summed E-state index contributed by atoms with van der Waals surface area (Å²) in [5.41, 5.74) is 2.66. The van der Waals surface area contributed by atoms with Crippen molar-refractivity contribution < 1.29 is 13.2 Å². The normalized spacial score (nSPS) is 11.4. The van der Waals surface area contributed by atoms with Crippen LogP contribution in [0.1, 0.15) is 16.1 Å². The van der Waals surface area contributed by atoms with Crippen LogP contribution in [0.2, 0.25) is 0 Å². The summed E-state index contributed by atoms with van der Waals surface area (Å²) in [5.74, 6) is -0.250. The third-order valence-electron chi connectivity index (χ3n) is 5.13. The number of anilines is 1. The van der Waals surface area contributed by atoms with Crippen molar-refractivity contribution in [1.29, 1.82) is 0 Å². The van der Waals surface area contributed by atoms with Crippen molar-refractivity contribution in [1.82, 2.24) is 15.1 Å². The van der Waals surface area contributed by atoms with Crippen LogP contribution in [-0.2, 0) is 16.6 Å². The van der Waals surface area contributed by atoms with Gasteiger partial charge in [-0.15, -0.1) is 0 Å². The van der Waals surface area contributed by atoms with Gasteiger partial charge in [0.25, 0.3) is 15.9 Å². The van der Waals surface area contributed by atoms with Crippen LogP contribution in [0.15, 0.2) is 83.8 Å². The van der Waals surface area contributed by atoms with Crippen LogP contribution in [0, 0.1) is 0 Å². The second-order valence-electron chi connectivity index (χ2n) is 7.05. The summed E-state index contributed by atoms with van der Waals surface area (Å²) >= 11 is 0. The second kappa shape index (κ2) is 8.23. The topological polar surface area (TPSA) is 84.3 Å². The molecule has 0 aliphatic rings. The van der Waals surface area contributed by atoms with Gasteiger partial charge in [-0.25, -0.2) is 8.42 Å². The standard InChI is InChI=1S/C23H22N4O3S/c1-24-23(28)22-20-10-6-7-11-21(20)27(25-22)16-17-12-14-19(15-13-17)31(29,30)26(2)18-8-4-3-5-9-18/h3-15H,16H2,1-2H3,(H,24,28). The molecule has 1 N–H and O–H groups in total. The van der Waals surface area contributed by atoms with Gasteiger partial charge in [0.2, 0.25) is 0 Å². The maximum absolute atomic E-state index is 13.0. The van der Waals surface area contributed by atoms with Gasteiger partial charge in [0.1, 0.15) is 0 Å². The van der Waals surface area contributed by atoms with Crippen molar-refractivity contribution >= 4 is 32.5 Å². The lowest BCUT2D eigenvalue weighted by Gasteiger charge is -2.19. The summed E-state index contributed by atoms with van der Waals surface area (Å²) in [7, 11) is -0.561. The number of sulfonamides is 1. The van der Waals surface area contributed by atoms with Crippen molar-refractivity contribution in [2.24, 2.45) is 0 Å². The Hall–Kier alpha value is -3.65. The lowest BCUT2D eigenvalue weighted by molar-refractivity contribution is 0.0959. The zero-order valence-corrected chi connectivity index (χ0v) is 18.0. The van der Waals surface area contributed by atoms with Crippen LogP contribution in [0.3, 0.4) is 0 Å². The molecule has 0 saturated carbocycles. The van der Waals surface area contributed by atoms with E-state index in [1.54, 1.807) is 60.3 Å². The number of aromatic nitrogens is 2. The number of hydrogen-bond acceptors (Lipinski definition) is 4. The molecule has 1 amide bonds. The first-order valence-corrected chi connectivity index (χ1v) is 11.2. The molecule has 0 aliphatic heterocycles. The predicted molar refractivity (Wildman–Crippen MR) is 121 cm³/mol. The van der Waals surface area contributed by atoms with Crippen LogP contribution in [0.4, 0.5) is 5.69 Å². The van der Waals surface area contributed by atoms with E-state index in [1.165, 1.54) is 11.4 Å². The van der Waals surface area contributed by atoms with Crippen molar-refractivity contribution in [3.63, 3.8) is 0 Å².